The minimum atomic E-state index is -4.45. The summed E-state index contributed by atoms with van der Waals surface area (Å²) in [6.07, 6.45) is -5.04. The summed E-state index contributed by atoms with van der Waals surface area (Å²) in [5.74, 6) is -7.35. The lowest BCUT2D eigenvalue weighted by Gasteiger charge is -2.18. The highest BCUT2D eigenvalue weighted by molar-refractivity contribution is 5.83. The lowest BCUT2D eigenvalue weighted by atomic mass is 10.1. The number of rotatable bonds is 8. The molecule has 7 nitrogen and oxygen atoms in total. The van der Waals surface area contributed by atoms with E-state index in [0.717, 1.165) is 0 Å². The molecule has 0 aromatic heterocycles. The van der Waals surface area contributed by atoms with E-state index >= 15 is 0 Å². The summed E-state index contributed by atoms with van der Waals surface area (Å²) in [5, 5.41) is 20.1. The average Bonchev–Trinajstić information content (AvgIpc) is 2.31. The van der Waals surface area contributed by atoms with E-state index in [9.17, 15) is 31.9 Å². The van der Waals surface area contributed by atoms with Crippen LogP contribution in [0.15, 0.2) is 0 Å². The average molecular weight is 304 g/mol. The number of hydrogen-bond donors (Lipinski definition) is 4. The third-order valence-electron chi connectivity index (χ3n) is 2.05. The van der Waals surface area contributed by atoms with E-state index in [1.54, 1.807) is 5.32 Å². The molecule has 0 radical (unpaired) electrons. The molecule has 0 aliphatic carbocycles. The second-order valence-electron chi connectivity index (χ2n) is 3.71. The van der Waals surface area contributed by atoms with Crippen molar-refractivity contribution in [1.82, 2.24) is 10.6 Å². The SMILES string of the molecule is O=C(O)CC[C@H](NC(=O)NCC(F)(F)C(F)F)C(=O)O. The number of nitrogens with one attached hydrogen (secondary N) is 2. The first-order chi connectivity index (χ1) is 9.06. The van der Waals surface area contributed by atoms with Gasteiger partial charge < -0.3 is 20.8 Å². The van der Waals surface area contributed by atoms with Crippen LogP contribution >= 0.6 is 0 Å². The van der Waals surface area contributed by atoms with Crippen molar-refractivity contribution in [3.63, 3.8) is 0 Å². The fourth-order valence-electron chi connectivity index (χ4n) is 1.01. The van der Waals surface area contributed by atoms with Crippen LogP contribution in [0, 0.1) is 0 Å². The van der Waals surface area contributed by atoms with Crippen LogP contribution < -0.4 is 10.6 Å². The summed E-state index contributed by atoms with van der Waals surface area (Å²) in [5.41, 5.74) is 0. The number of amides is 2. The third-order valence-corrected chi connectivity index (χ3v) is 2.05. The van der Waals surface area contributed by atoms with Crippen LogP contribution in [0.3, 0.4) is 0 Å². The Morgan fingerprint density at radius 3 is 2.10 bits per heavy atom. The molecule has 0 heterocycles. The number of halogens is 4. The van der Waals surface area contributed by atoms with Gasteiger partial charge in [0.15, 0.2) is 0 Å². The summed E-state index contributed by atoms with van der Waals surface area (Å²) in [6.45, 7) is -1.68. The Bertz CT molecular complexity index is 377. The Hall–Kier alpha value is -2.07. The number of carboxylic acids is 2. The highest BCUT2D eigenvalue weighted by Crippen LogP contribution is 2.21. The van der Waals surface area contributed by atoms with Gasteiger partial charge >= 0.3 is 30.3 Å². The number of alkyl halides is 4. The second kappa shape index (κ2) is 7.50. The number of urea groups is 1. The van der Waals surface area contributed by atoms with Gasteiger partial charge in [0.1, 0.15) is 6.04 Å². The molecular weight excluding hydrogens is 292 g/mol. The molecule has 20 heavy (non-hydrogen) atoms. The minimum absolute atomic E-state index is 0.483. The molecule has 2 amide bonds. The van der Waals surface area contributed by atoms with Crippen molar-refractivity contribution in [2.24, 2.45) is 0 Å². The summed E-state index contributed by atoms with van der Waals surface area (Å²) in [7, 11) is 0. The van der Waals surface area contributed by atoms with E-state index in [1.807, 2.05) is 0 Å². The van der Waals surface area contributed by atoms with Crippen LogP contribution in [0.1, 0.15) is 12.8 Å². The molecule has 1 atom stereocenters. The lowest BCUT2D eigenvalue weighted by molar-refractivity contribution is -0.140. The van der Waals surface area contributed by atoms with E-state index in [4.69, 9.17) is 10.2 Å². The molecular formula is C9H12F4N2O5. The normalized spacial score (nSPS) is 12.8. The quantitative estimate of drug-likeness (QED) is 0.487. The van der Waals surface area contributed by atoms with Crippen LogP contribution in [-0.4, -0.2) is 53.1 Å². The molecule has 0 aromatic carbocycles. The van der Waals surface area contributed by atoms with Crippen molar-refractivity contribution in [1.29, 1.82) is 0 Å². The predicted molar refractivity (Wildman–Crippen MR) is 55.8 cm³/mol. The molecule has 0 bridgehead atoms. The van der Waals surface area contributed by atoms with Gasteiger partial charge in [-0.1, -0.05) is 0 Å². The first-order valence-corrected chi connectivity index (χ1v) is 5.21. The topological polar surface area (TPSA) is 116 Å². The van der Waals surface area contributed by atoms with Gasteiger partial charge in [0.25, 0.3) is 0 Å². The zero-order valence-corrected chi connectivity index (χ0v) is 9.91. The Kier molecular flexibility index (Phi) is 6.73. The van der Waals surface area contributed by atoms with E-state index in [1.165, 1.54) is 5.32 Å². The van der Waals surface area contributed by atoms with Crippen LogP contribution in [-0.2, 0) is 9.59 Å². The third kappa shape index (κ3) is 6.75. The number of hydrogen-bond acceptors (Lipinski definition) is 3. The Morgan fingerprint density at radius 1 is 1.15 bits per heavy atom. The first kappa shape index (κ1) is 17.9. The van der Waals surface area contributed by atoms with E-state index in [0.29, 0.717) is 0 Å². The molecule has 0 fully saturated rings. The number of aliphatic carboxylic acids is 2. The Balaban J connectivity index is 4.33. The molecule has 0 saturated heterocycles. The fourth-order valence-corrected chi connectivity index (χ4v) is 1.01. The van der Waals surface area contributed by atoms with Gasteiger partial charge in [-0.2, -0.15) is 8.78 Å². The number of carboxylic acid groups (broad SMARTS) is 2. The Morgan fingerprint density at radius 2 is 1.70 bits per heavy atom. The smallest absolute Gasteiger partial charge is 0.326 e. The highest BCUT2D eigenvalue weighted by Gasteiger charge is 2.41. The predicted octanol–water partition coefficient (Wildman–Crippen LogP) is 0.504. The maximum Gasteiger partial charge on any atom is 0.326 e. The first-order valence-electron chi connectivity index (χ1n) is 5.21. The molecule has 116 valence electrons. The van der Waals surface area contributed by atoms with Crippen LogP contribution in [0.2, 0.25) is 0 Å². The summed E-state index contributed by atoms with van der Waals surface area (Å²) in [4.78, 5) is 32.0. The summed E-state index contributed by atoms with van der Waals surface area (Å²) in [6, 6.07) is -3.05. The number of carbonyl (C=O) groups excluding carboxylic acids is 1. The fraction of sp³-hybridized carbons (Fsp3) is 0.667. The van der Waals surface area contributed by atoms with Crippen molar-refractivity contribution in [3.05, 3.63) is 0 Å². The minimum Gasteiger partial charge on any atom is -0.481 e. The van der Waals surface area contributed by atoms with Gasteiger partial charge in [-0.05, 0) is 6.42 Å². The zero-order valence-electron chi connectivity index (χ0n) is 9.91. The standard InChI is InChI=1S/C9H12F4N2O5/c10-7(11)9(12,13)3-14-8(20)15-4(6(18)19)1-2-5(16)17/h4,7H,1-3H2,(H,16,17)(H,18,19)(H2,14,15,20)/t4-/m0/s1. The molecule has 0 aliphatic heterocycles. The van der Waals surface area contributed by atoms with Gasteiger partial charge in [0.05, 0.1) is 6.54 Å². The summed E-state index contributed by atoms with van der Waals surface area (Å²) >= 11 is 0. The maximum absolute atomic E-state index is 12.5. The van der Waals surface area contributed by atoms with Gasteiger partial charge in [0, 0.05) is 6.42 Å². The highest BCUT2D eigenvalue weighted by atomic mass is 19.3. The van der Waals surface area contributed by atoms with Crippen molar-refractivity contribution >= 4 is 18.0 Å². The lowest BCUT2D eigenvalue weighted by Crippen LogP contribution is -2.50. The molecule has 0 spiro atoms. The molecule has 0 saturated carbocycles. The van der Waals surface area contributed by atoms with Gasteiger partial charge in [-0.3, -0.25) is 4.79 Å². The number of carbonyl (C=O) groups is 3. The Labute approximate surface area is 109 Å². The molecule has 0 aliphatic rings. The molecule has 0 rings (SSSR count). The van der Waals surface area contributed by atoms with Crippen molar-refractivity contribution in [2.75, 3.05) is 6.54 Å². The maximum atomic E-state index is 12.5. The molecule has 0 aromatic rings. The zero-order chi connectivity index (χ0) is 15.9. The molecule has 4 N–H and O–H groups in total. The largest absolute Gasteiger partial charge is 0.481 e. The van der Waals surface area contributed by atoms with Crippen molar-refractivity contribution in [2.45, 2.75) is 31.2 Å². The van der Waals surface area contributed by atoms with Gasteiger partial charge in [-0.15, -0.1) is 0 Å². The van der Waals surface area contributed by atoms with Crippen LogP contribution in [0.25, 0.3) is 0 Å². The van der Waals surface area contributed by atoms with Gasteiger partial charge in [0.2, 0.25) is 0 Å². The van der Waals surface area contributed by atoms with Crippen LogP contribution in [0.5, 0.6) is 0 Å². The summed E-state index contributed by atoms with van der Waals surface area (Å²) < 4.78 is 48.5. The van der Waals surface area contributed by atoms with E-state index < -0.39 is 55.7 Å². The molecule has 0 unspecified atom stereocenters. The molecule has 11 heteroatoms. The van der Waals surface area contributed by atoms with Crippen LogP contribution in [0.4, 0.5) is 22.4 Å². The second-order valence-corrected chi connectivity index (χ2v) is 3.71. The van der Waals surface area contributed by atoms with Crippen molar-refractivity contribution in [3.8, 4) is 0 Å². The van der Waals surface area contributed by atoms with E-state index in [-0.39, 0.29) is 0 Å². The monoisotopic (exact) mass is 304 g/mol. The van der Waals surface area contributed by atoms with E-state index in [2.05, 4.69) is 0 Å². The van der Waals surface area contributed by atoms with Crippen molar-refractivity contribution < 1.29 is 42.2 Å². The van der Waals surface area contributed by atoms with Gasteiger partial charge in [-0.25, -0.2) is 18.4 Å².